The van der Waals surface area contributed by atoms with Crippen LogP contribution in [0.1, 0.15) is 26.4 Å². The fraction of sp³-hybridized carbons (Fsp3) is 0.0500. The summed E-state index contributed by atoms with van der Waals surface area (Å²) in [5.74, 6) is -1.95. The summed E-state index contributed by atoms with van der Waals surface area (Å²) in [7, 11) is 1.47. The van der Waals surface area contributed by atoms with Crippen molar-refractivity contribution < 1.29 is 14.7 Å². The first-order valence-electron chi connectivity index (χ1n) is 8.53. The third-order valence-corrected chi connectivity index (χ3v) is 4.42. The Morgan fingerprint density at radius 3 is 2.66 bits per heavy atom. The van der Waals surface area contributed by atoms with Crippen LogP contribution in [0.3, 0.4) is 0 Å². The van der Waals surface area contributed by atoms with Crippen LogP contribution < -0.4 is 5.32 Å². The van der Waals surface area contributed by atoms with Crippen molar-refractivity contribution in [2.24, 2.45) is 7.05 Å². The molecule has 0 atom stereocenters. The third-order valence-electron chi connectivity index (χ3n) is 4.42. The molecule has 0 aliphatic heterocycles. The summed E-state index contributed by atoms with van der Waals surface area (Å²) in [6.45, 7) is 0. The fourth-order valence-corrected chi connectivity index (χ4v) is 3.02. The molecule has 0 aliphatic carbocycles. The first kappa shape index (κ1) is 17.9. The molecule has 0 saturated carbocycles. The molecule has 1 amide bonds. The molecule has 0 radical (unpaired) electrons. The topological polar surface area (TPSA) is 125 Å². The summed E-state index contributed by atoms with van der Waals surface area (Å²) in [4.78, 5) is 28.6. The number of nitrogens with one attached hydrogen (secondary N) is 1. The van der Waals surface area contributed by atoms with Crippen molar-refractivity contribution in [1.29, 1.82) is 5.26 Å². The molecule has 3 heterocycles. The zero-order valence-electron chi connectivity index (χ0n) is 15.2. The van der Waals surface area contributed by atoms with Gasteiger partial charge in [0.05, 0.1) is 23.1 Å². The number of hydrogen-bond donors (Lipinski definition) is 2. The summed E-state index contributed by atoms with van der Waals surface area (Å²) in [6.07, 6.45) is 4.46. The highest BCUT2D eigenvalue weighted by molar-refractivity contribution is 6.10. The summed E-state index contributed by atoms with van der Waals surface area (Å²) < 4.78 is 2.87. The monoisotopic (exact) mass is 386 g/mol. The number of nitriles is 1. The van der Waals surface area contributed by atoms with Crippen molar-refractivity contribution in [3.05, 3.63) is 71.8 Å². The van der Waals surface area contributed by atoms with Gasteiger partial charge in [0, 0.05) is 31.1 Å². The van der Waals surface area contributed by atoms with Gasteiger partial charge < -0.3 is 14.8 Å². The summed E-state index contributed by atoms with van der Waals surface area (Å²) >= 11 is 0. The second-order valence-corrected chi connectivity index (χ2v) is 6.26. The molecule has 9 nitrogen and oxygen atoms in total. The molecule has 4 aromatic rings. The predicted molar refractivity (Wildman–Crippen MR) is 103 cm³/mol. The van der Waals surface area contributed by atoms with E-state index < -0.39 is 11.9 Å². The van der Waals surface area contributed by atoms with Gasteiger partial charge in [-0.15, -0.1) is 0 Å². The highest BCUT2D eigenvalue weighted by Gasteiger charge is 2.22. The summed E-state index contributed by atoms with van der Waals surface area (Å²) in [5.41, 5.74) is 2.27. The Labute approximate surface area is 164 Å². The molecule has 4 rings (SSSR count). The van der Waals surface area contributed by atoms with Crippen molar-refractivity contribution in [3.63, 3.8) is 0 Å². The minimum Gasteiger partial charge on any atom is -0.478 e. The van der Waals surface area contributed by atoms with Crippen LogP contribution in [0.4, 0.5) is 5.69 Å². The second-order valence-electron chi connectivity index (χ2n) is 6.26. The van der Waals surface area contributed by atoms with Crippen LogP contribution in [0.15, 0.2) is 55.0 Å². The largest absolute Gasteiger partial charge is 0.478 e. The van der Waals surface area contributed by atoms with Gasteiger partial charge in [-0.3, -0.25) is 9.48 Å². The normalized spacial score (nSPS) is 10.6. The Morgan fingerprint density at radius 1 is 1.21 bits per heavy atom. The van der Waals surface area contributed by atoms with Crippen molar-refractivity contribution in [3.8, 4) is 17.3 Å². The number of amides is 1. The maximum atomic E-state index is 12.7. The third kappa shape index (κ3) is 3.19. The minimum atomic E-state index is -1.26. The molecule has 142 valence electrons. The molecular weight excluding hydrogens is 372 g/mol. The summed E-state index contributed by atoms with van der Waals surface area (Å²) in [6, 6.07) is 13.2. The van der Waals surface area contributed by atoms with Crippen molar-refractivity contribution >= 4 is 23.2 Å². The van der Waals surface area contributed by atoms with Crippen LogP contribution in [0.5, 0.6) is 0 Å². The number of fused-ring (bicyclic) bond motifs is 1. The molecule has 0 aliphatic rings. The first-order valence-corrected chi connectivity index (χ1v) is 8.53. The van der Waals surface area contributed by atoms with Crippen molar-refractivity contribution in [2.45, 2.75) is 0 Å². The maximum absolute atomic E-state index is 12.7. The van der Waals surface area contributed by atoms with Crippen LogP contribution >= 0.6 is 0 Å². The molecular formula is C20H14N6O3. The molecule has 0 spiro atoms. The van der Waals surface area contributed by atoms with Crippen molar-refractivity contribution in [2.75, 3.05) is 5.32 Å². The smallest absolute Gasteiger partial charge is 0.339 e. The molecule has 29 heavy (non-hydrogen) atoms. The molecule has 3 aromatic heterocycles. The number of nitrogens with zero attached hydrogens (tertiary/aromatic N) is 5. The maximum Gasteiger partial charge on any atom is 0.339 e. The SMILES string of the molecule is Cn1ncc(C(=O)O)c1C(=O)Nc1cc2nc(-c3ccccc3)cn2cc1C#N. The second kappa shape index (κ2) is 6.94. The van der Waals surface area contributed by atoms with E-state index >= 15 is 0 Å². The molecule has 0 unspecified atom stereocenters. The number of aromatic nitrogens is 4. The van der Waals surface area contributed by atoms with E-state index in [4.69, 9.17) is 0 Å². The van der Waals surface area contributed by atoms with Gasteiger partial charge in [-0.1, -0.05) is 30.3 Å². The number of carbonyl (C=O) groups excluding carboxylic acids is 1. The molecule has 2 N–H and O–H groups in total. The number of carboxylic acid groups (broad SMARTS) is 1. The van der Waals surface area contributed by atoms with E-state index in [1.54, 1.807) is 22.9 Å². The molecule has 9 heteroatoms. The van der Waals surface area contributed by atoms with Gasteiger partial charge in [0.2, 0.25) is 0 Å². The molecule has 0 fully saturated rings. The number of hydrogen-bond acceptors (Lipinski definition) is 5. The van der Waals surface area contributed by atoms with Crippen molar-refractivity contribution in [1.82, 2.24) is 19.2 Å². The highest BCUT2D eigenvalue weighted by atomic mass is 16.4. The Balaban J connectivity index is 1.74. The van der Waals surface area contributed by atoms with Crippen LogP contribution in [0, 0.1) is 11.3 Å². The predicted octanol–water partition coefficient (Wildman–Crippen LogP) is 2.56. The number of carbonyl (C=O) groups is 2. The quantitative estimate of drug-likeness (QED) is 0.555. The zero-order chi connectivity index (χ0) is 20.5. The van der Waals surface area contributed by atoms with E-state index in [-0.39, 0.29) is 22.5 Å². The summed E-state index contributed by atoms with van der Waals surface area (Å²) in [5, 5.41) is 25.2. The Bertz CT molecular complexity index is 1300. The minimum absolute atomic E-state index is 0.116. The number of benzene rings is 1. The number of rotatable bonds is 4. The molecule has 1 aromatic carbocycles. The van der Waals surface area contributed by atoms with E-state index in [2.05, 4.69) is 15.4 Å². The van der Waals surface area contributed by atoms with Crippen LogP contribution in [0.25, 0.3) is 16.9 Å². The number of aryl methyl sites for hydroxylation is 1. The Morgan fingerprint density at radius 2 is 1.97 bits per heavy atom. The van der Waals surface area contributed by atoms with Gasteiger partial charge in [0.15, 0.2) is 0 Å². The van der Waals surface area contributed by atoms with Gasteiger partial charge in [-0.2, -0.15) is 10.4 Å². The lowest BCUT2D eigenvalue weighted by atomic mass is 10.2. The standard InChI is InChI=1S/C20H14N6O3/c1-25-18(14(9-22-25)20(28)29)19(27)24-15-7-17-23-16(12-5-3-2-4-6-12)11-26(17)10-13(15)8-21/h2-7,9-11H,1H3,(H,24,27)(H,28,29). The van der Waals surface area contributed by atoms with Crippen LogP contribution in [0.2, 0.25) is 0 Å². The first-order chi connectivity index (χ1) is 14.0. The number of aromatic carboxylic acids is 1. The lowest BCUT2D eigenvalue weighted by Gasteiger charge is -2.08. The van der Waals surface area contributed by atoms with Gasteiger partial charge >= 0.3 is 5.97 Å². The number of pyridine rings is 1. The van der Waals surface area contributed by atoms with E-state index in [1.807, 2.05) is 36.4 Å². The molecule has 0 bridgehead atoms. The highest BCUT2D eigenvalue weighted by Crippen LogP contribution is 2.23. The van der Waals surface area contributed by atoms with E-state index in [0.717, 1.165) is 17.5 Å². The molecule has 0 saturated heterocycles. The lowest BCUT2D eigenvalue weighted by molar-refractivity contribution is 0.0692. The number of anilines is 1. The zero-order valence-corrected chi connectivity index (χ0v) is 15.2. The number of carboxylic acids is 1. The van der Waals surface area contributed by atoms with Gasteiger partial charge in [0.25, 0.3) is 5.91 Å². The van der Waals surface area contributed by atoms with Crippen LogP contribution in [-0.4, -0.2) is 36.1 Å². The van der Waals surface area contributed by atoms with E-state index in [1.165, 1.54) is 11.7 Å². The average Bonchev–Trinajstić information content (AvgIpc) is 3.31. The lowest BCUT2D eigenvalue weighted by Crippen LogP contribution is -2.20. The van der Waals surface area contributed by atoms with Crippen LogP contribution in [-0.2, 0) is 7.05 Å². The van der Waals surface area contributed by atoms with Gasteiger partial charge in [-0.25, -0.2) is 9.78 Å². The fourth-order valence-electron chi connectivity index (χ4n) is 3.02. The van der Waals surface area contributed by atoms with Gasteiger partial charge in [-0.05, 0) is 0 Å². The Kier molecular flexibility index (Phi) is 4.29. The van der Waals surface area contributed by atoms with Gasteiger partial charge in [0.1, 0.15) is 23.0 Å². The number of imidazole rings is 1. The van der Waals surface area contributed by atoms with E-state index in [9.17, 15) is 20.0 Å². The average molecular weight is 386 g/mol. The Hall–Kier alpha value is -4.45. The van der Waals surface area contributed by atoms with E-state index in [0.29, 0.717) is 5.65 Å².